The Morgan fingerprint density at radius 3 is 1.67 bits per heavy atom. The number of hydrogen-bond acceptors (Lipinski definition) is 20. The molecule has 0 aromatic carbocycles. The minimum Gasteiger partial charge on any atom is -0.394 e. The third-order valence-corrected chi connectivity index (χ3v) is 8.46. The van der Waals surface area contributed by atoms with E-state index in [9.17, 15) is 35.7 Å². The van der Waals surface area contributed by atoms with Gasteiger partial charge in [0.25, 0.3) is 0 Å². The standard InChI is InChI=1S/C23H47N7O13/c24-2-7-13(33)15(35)10(27)21(38-7)42-19-9(4-31)40-23(17(19)37)43-20-12(32)5(25)1-6(26)18(20)41-22-11(28)16(36)14(34)8(39-22)3-30-29/h5-23,30-37H,1-4,24-29H2/t5-,6+,7+,8-,9-,10-,11-,12+,13-,14-,15-,16-,17-,18-,19-,20-,21-,22-,23+/m1/s1. The van der Waals surface area contributed by atoms with Gasteiger partial charge in [-0.2, -0.15) is 0 Å². The smallest absolute Gasteiger partial charge is 0.187 e. The second-order valence-electron chi connectivity index (χ2n) is 11.4. The first-order chi connectivity index (χ1) is 20.3. The van der Waals surface area contributed by atoms with Crippen molar-refractivity contribution in [3.8, 4) is 0 Å². The molecule has 0 bridgehead atoms. The van der Waals surface area contributed by atoms with Gasteiger partial charge in [0.05, 0.1) is 24.8 Å². The number of hydrogen-bond donors (Lipinski definition) is 14. The van der Waals surface area contributed by atoms with E-state index in [0.29, 0.717) is 0 Å². The lowest BCUT2D eigenvalue weighted by Crippen LogP contribution is -2.68. The van der Waals surface area contributed by atoms with E-state index in [1.54, 1.807) is 0 Å². The quantitative estimate of drug-likeness (QED) is 0.0787. The molecule has 4 rings (SSSR count). The number of aliphatic hydroxyl groups is 7. The highest BCUT2D eigenvalue weighted by molar-refractivity contribution is 5.02. The summed E-state index contributed by atoms with van der Waals surface area (Å²) in [4.78, 5) is 0. The fourth-order valence-corrected chi connectivity index (χ4v) is 5.83. The number of hydrazine groups is 1. The van der Waals surface area contributed by atoms with Crippen LogP contribution in [0.1, 0.15) is 6.42 Å². The van der Waals surface area contributed by atoms with Gasteiger partial charge >= 0.3 is 0 Å². The van der Waals surface area contributed by atoms with E-state index in [4.69, 9.17) is 62.9 Å². The van der Waals surface area contributed by atoms with Crippen molar-refractivity contribution in [1.82, 2.24) is 5.43 Å². The largest absolute Gasteiger partial charge is 0.394 e. The summed E-state index contributed by atoms with van der Waals surface area (Å²) in [5.74, 6) is 5.35. The highest BCUT2D eigenvalue weighted by Crippen LogP contribution is 2.34. The van der Waals surface area contributed by atoms with Crippen LogP contribution in [0.3, 0.4) is 0 Å². The molecule has 0 unspecified atom stereocenters. The molecular formula is C23H47N7O13. The highest BCUT2D eigenvalue weighted by atomic mass is 16.8. The summed E-state index contributed by atoms with van der Waals surface area (Å²) in [6.45, 7) is -0.876. The van der Waals surface area contributed by atoms with Crippen LogP contribution in [0.2, 0.25) is 0 Å². The van der Waals surface area contributed by atoms with Gasteiger partial charge in [0.1, 0.15) is 67.1 Å². The first-order valence-electron chi connectivity index (χ1n) is 14.1. The molecule has 43 heavy (non-hydrogen) atoms. The van der Waals surface area contributed by atoms with E-state index >= 15 is 0 Å². The Hall–Kier alpha value is -0.800. The fraction of sp³-hybridized carbons (Fsp3) is 1.00. The Morgan fingerprint density at radius 2 is 1.12 bits per heavy atom. The van der Waals surface area contributed by atoms with Crippen LogP contribution in [0.5, 0.6) is 0 Å². The summed E-state index contributed by atoms with van der Waals surface area (Å²) in [6, 6.07) is -4.22. The number of nitrogens with two attached hydrogens (primary N) is 6. The number of rotatable bonds is 10. The average Bonchev–Trinajstić information content (AvgIpc) is 3.28. The Bertz CT molecular complexity index is 887. The Kier molecular flexibility index (Phi) is 12.0. The minimum atomic E-state index is -1.61. The lowest BCUT2D eigenvalue weighted by Gasteiger charge is -2.47. The molecule has 252 valence electrons. The van der Waals surface area contributed by atoms with Crippen LogP contribution >= 0.6 is 0 Å². The van der Waals surface area contributed by atoms with Crippen LogP contribution in [0.4, 0.5) is 0 Å². The molecule has 1 saturated carbocycles. The van der Waals surface area contributed by atoms with E-state index in [1.807, 2.05) is 0 Å². The molecule has 3 saturated heterocycles. The maximum absolute atomic E-state index is 11.1. The van der Waals surface area contributed by atoms with Crippen molar-refractivity contribution in [3.05, 3.63) is 0 Å². The maximum atomic E-state index is 11.1. The molecule has 4 aliphatic rings. The highest BCUT2D eigenvalue weighted by Gasteiger charge is 2.54. The topological polar surface area (TPSA) is 365 Å². The van der Waals surface area contributed by atoms with Gasteiger partial charge in [-0.3, -0.25) is 11.3 Å². The Morgan fingerprint density at radius 1 is 0.605 bits per heavy atom. The van der Waals surface area contributed by atoms with Crippen LogP contribution in [0.25, 0.3) is 0 Å². The second-order valence-corrected chi connectivity index (χ2v) is 11.4. The lowest BCUT2D eigenvalue weighted by atomic mass is 9.84. The molecule has 3 heterocycles. The molecule has 19 atom stereocenters. The van der Waals surface area contributed by atoms with Crippen LogP contribution < -0.4 is 39.9 Å². The SMILES string of the molecule is NC[C@@H]1O[C@H](O[C@H]2[C@@H](O)[C@H](O[C@@H]3[C@@H](O)[C@H](N)C[C@H](N)[C@H]3O[C@H]3O[C@H](CNN)[C@@H](O)[C@H](O)[C@H]3N)O[C@@H]2CO)[C@H](N)[C@@H](O)[C@@H]1O. The summed E-state index contributed by atoms with van der Waals surface area (Å²) in [6.07, 6.45) is -19.9. The second kappa shape index (κ2) is 14.7. The van der Waals surface area contributed by atoms with Crippen molar-refractivity contribution in [1.29, 1.82) is 0 Å². The Balaban J connectivity index is 1.50. The molecule has 1 aliphatic carbocycles. The normalized spacial score (nSPS) is 52.8. The van der Waals surface area contributed by atoms with Crippen LogP contribution in [-0.4, -0.2) is 172 Å². The minimum absolute atomic E-state index is 0.0582. The third-order valence-electron chi connectivity index (χ3n) is 8.46. The first-order valence-corrected chi connectivity index (χ1v) is 14.1. The van der Waals surface area contributed by atoms with Crippen molar-refractivity contribution >= 4 is 0 Å². The summed E-state index contributed by atoms with van der Waals surface area (Å²) in [5.41, 5.74) is 32.4. The number of nitrogens with one attached hydrogen (secondary N) is 1. The average molecular weight is 630 g/mol. The number of ether oxygens (including phenoxy) is 6. The van der Waals surface area contributed by atoms with Gasteiger partial charge in [-0.05, 0) is 6.42 Å². The molecule has 0 aromatic heterocycles. The van der Waals surface area contributed by atoms with Crippen molar-refractivity contribution in [2.75, 3.05) is 19.7 Å². The molecule has 20 N–H and O–H groups in total. The van der Waals surface area contributed by atoms with Gasteiger partial charge in [0.2, 0.25) is 0 Å². The molecule has 3 aliphatic heterocycles. The van der Waals surface area contributed by atoms with Crippen molar-refractivity contribution in [2.24, 2.45) is 34.5 Å². The van der Waals surface area contributed by atoms with E-state index in [2.05, 4.69) is 5.43 Å². The van der Waals surface area contributed by atoms with E-state index in [0.717, 1.165) is 0 Å². The summed E-state index contributed by atoms with van der Waals surface area (Å²) >= 11 is 0. The summed E-state index contributed by atoms with van der Waals surface area (Å²) < 4.78 is 34.8. The van der Waals surface area contributed by atoms with E-state index < -0.39 is 123 Å². The molecule has 4 fully saturated rings. The molecular weight excluding hydrogens is 582 g/mol. The molecule has 0 amide bonds. The Labute approximate surface area is 247 Å². The molecule has 0 radical (unpaired) electrons. The van der Waals surface area contributed by atoms with Gasteiger partial charge in [-0.15, -0.1) is 0 Å². The van der Waals surface area contributed by atoms with Gasteiger partial charge in [-0.25, -0.2) is 0 Å². The molecule has 0 aromatic rings. The zero-order valence-electron chi connectivity index (χ0n) is 23.3. The summed E-state index contributed by atoms with van der Waals surface area (Å²) in [7, 11) is 0. The van der Waals surface area contributed by atoms with Crippen molar-refractivity contribution in [3.63, 3.8) is 0 Å². The molecule has 0 spiro atoms. The van der Waals surface area contributed by atoms with Gasteiger partial charge < -0.3 is 92.8 Å². The molecule has 20 nitrogen and oxygen atoms in total. The summed E-state index contributed by atoms with van der Waals surface area (Å²) in [5, 5.41) is 73.3. The zero-order valence-corrected chi connectivity index (χ0v) is 23.3. The molecule has 20 heteroatoms. The van der Waals surface area contributed by atoms with Crippen LogP contribution in [-0.2, 0) is 28.4 Å². The van der Waals surface area contributed by atoms with Gasteiger partial charge in [0.15, 0.2) is 18.9 Å². The zero-order chi connectivity index (χ0) is 31.7. The monoisotopic (exact) mass is 629 g/mol. The third kappa shape index (κ3) is 7.13. The lowest BCUT2D eigenvalue weighted by molar-refractivity contribution is -0.307. The predicted octanol–water partition coefficient (Wildman–Crippen LogP) is -9.39. The van der Waals surface area contributed by atoms with Crippen LogP contribution in [0.15, 0.2) is 0 Å². The fourth-order valence-electron chi connectivity index (χ4n) is 5.83. The van der Waals surface area contributed by atoms with Gasteiger partial charge in [0, 0.05) is 25.2 Å². The van der Waals surface area contributed by atoms with E-state index in [-0.39, 0.29) is 19.5 Å². The van der Waals surface area contributed by atoms with Gasteiger partial charge in [-0.1, -0.05) is 0 Å². The first kappa shape index (κ1) is 35.1. The predicted molar refractivity (Wildman–Crippen MR) is 141 cm³/mol. The maximum Gasteiger partial charge on any atom is 0.187 e. The van der Waals surface area contributed by atoms with Crippen LogP contribution in [0, 0.1) is 0 Å². The van der Waals surface area contributed by atoms with E-state index in [1.165, 1.54) is 0 Å². The van der Waals surface area contributed by atoms with Crippen molar-refractivity contribution < 1.29 is 64.2 Å². The number of aliphatic hydroxyl groups excluding tert-OH is 7. The van der Waals surface area contributed by atoms with Crippen molar-refractivity contribution in [2.45, 2.75) is 123 Å².